The first-order valence-electron chi connectivity index (χ1n) is 7.11. The Hall–Kier alpha value is -1.86. The van der Waals surface area contributed by atoms with Crippen molar-refractivity contribution < 1.29 is 0 Å². The predicted molar refractivity (Wildman–Crippen MR) is 92.4 cm³/mol. The Morgan fingerprint density at radius 1 is 1.27 bits per heavy atom. The fourth-order valence-corrected chi connectivity index (χ4v) is 3.78. The third-order valence-corrected chi connectivity index (χ3v) is 5.39. The van der Waals surface area contributed by atoms with Gasteiger partial charge < -0.3 is 4.98 Å². The Balaban J connectivity index is 1.73. The summed E-state index contributed by atoms with van der Waals surface area (Å²) in [6, 6.07) is 10.4. The molecule has 1 N–H and O–H groups in total. The fourth-order valence-electron chi connectivity index (χ4n) is 2.29. The van der Waals surface area contributed by atoms with Gasteiger partial charge in [-0.3, -0.25) is 0 Å². The molecule has 0 unspecified atom stereocenters. The molecule has 0 saturated carbocycles. The number of fused-ring (bicyclic) bond motifs is 2. The predicted octanol–water partition coefficient (Wildman–Crippen LogP) is 3.98. The van der Waals surface area contributed by atoms with Crippen LogP contribution in [0.3, 0.4) is 0 Å². The maximum absolute atomic E-state index is 4.68. The molecule has 0 aliphatic heterocycles. The molecule has 4 aromatic rings. The van der Waals surface area contributed by atoms with E-state index in [1.54, 1.807) is 11.3 Å². The van der Waals surface area contributed by atoms with Crippen LogP contribution in [0.15, 0.2) is 30.3 Å². The van der Waals surface area contributed by atoms with E-state index in [2.05, 4.69) is 52.3 Å². The maximum Gasteiger partial charge on any atom is 0.235 e. The molecule has 3 heterocycles. The van der Waals surface area contributed by atoms with Gasteiger partial charge in [-0.2, -0.15) is 21.4 Å². The van der Waals surface area contributed by atoms with Crippen LogP contribution in [0.25, 0.3) is 26.6 Å². The van der Waals surface area contributed by atoms with Crippen molar-refractivity contribution in [3.8, 4) is 10.7 Å². The van der Waals surface area contributed by atoms with Gasteiger partial charge in [0.1, 0.15) is 0 Å². The second-order valence-corrected chi connectivity index (χ2v) is 7.87. The van der Waals surface area contributed by atoms with Crippen LogP contribution in [0.1, 0.15) is 19.7 Å². The van der Waals surface area contributed by atoms with Crippen LogP contribution in [0, 0.1) is 0 Å². The second kappa shape index (κ2) is 5.40. The van der Waals surface area contributed by atoms with E-state index < -0.39 is 0 Å². The SMILES string of the molecule is CC(C)SCc1nnc2sc(-c3cc4ccccc4[nH]3)nn12. The van der Waals surface area contributed by atoms with Gasteiger partial charge >= 0.3 is 0 Å². The van der Waals surface area contributed by atoms with E-state index in [0.29, 0.717) is 5.25 Å². The Morgan fingerprint density at radius 3 is 2.95 bits per heavy atom. The summed E-state index contributed by atoms with van der Waals surface area (Å²) >= 11 is 3.40. The van der Waals surface area contributed by atoms with Crippen LogP contribution in [-0.2, 0) is 5.75 Å². The normalized spacial score (nSPS) is 12.0. The monoisotopic (exact) mass is 329 g/mol. The lowest BCUT2D eigenvalue weighted by atomic mass is 10.2. The molecule has 1 aromatic carbocycles. The Labute approximate surface area is 135 Å². The molecular weight excluding hydrogens is 314 g/mol. The summed E-state index contributed by atoms with van der Waals surface area (Å²) in [5.74, 6) is 1.74. The molecule has 3 aromatic heterocycles. The summed E-state index contributed by atoms with van der Waals surface area (Å²) in [6.07, 6.45) is 0. The first kappa shape index (κ1) is 13.8. The summed E-state index contributed by atoms with van der Waals surface area (Å²) < 4.78 is 1.86. The molecule has 0 fully saturated rings. The van der Waals surface area contributed by atoms with E-state index in [1.165, 1.54) is 5.39 Å². The molecule has 4 rings (SSSR count). The highest BCUT2D eigenvalue weighted by Gasteiger charge is 2.14. The first-order valence-corrected chi connectivity index (χ1v) is 8.98. The number of nitrogens with zero attached hydrogens (tertiary/aromatic N) is 4. The smallest absolute Gasteiger partial charge is 0.235 e. The minimum absolute atomic E-state index is 0.569. The van der Waals surface area contributed by atoms with Gasteiger partial charge in [0.05, 0.1) is 11.4 Å². The molecule has 22 heavy (non-hydrogen) atoms. The number of hydrogen-bond donors (Lipinski definition) is 1. The van der Waals surface area contributed by atoms with Crippen LogP contribution in [0.5, 0.6) is 0 Å². The van der Waals surface area contributed by atoms with E-state index in [-0.39, 0.29) is 0 Å². The molecule has 0 aliphatic carbocycles. The molecule has 0 bridgehead atoms. The highest BCUT2D eigenvalue weighted by atomic mass is 32.2. The number of aromatic nitrogens is 5. The Bertz CT molecular complexity index is 901. The van der Waals surface area contributed by atoms with Crippen molar-refractivity contribution in [3.63, 3.8) is 0 Å². The number of nitrogens with one attached hydrogen (secondary N) is 1. The number of rotatable bonds is 4. The van der Waals surface area contributed by atoms with Gasteiger partial charge in [-0.05, 0) is 17.4 Å². The fraction of sp³-hybridized carbons (Fsp3) is 0.267. The van der Waals surface area contributed by atoms with E-state index >= 15 is 0 Å². The first-order chi connectivity index (χ1) is 10.7. The lowest BCUT2D eigenvalue weighted by molar-refractivity contribution is 0.884. The van der Waals surface area contributed by atoms with Crippen molar-refractivity contribution in [3.05, 3.63) is 36.2 Å². The average Bonchev–Trinajstić information content (AvgIpc) is 3.18. The minimum atomic E-state index is 0.569. The van der Waals surface area contributed by atoms with Crippen LogP contribution >= 0.6 is 23.1 Å². The molecule has 0 aliphatic rings. The van der Waals surface area contributed by atoms with Crippen molar-refractivity contribution in [2.75, 3.05) is 0 Å². The molecule has 7 heteroatoms. The lowest BCUT2D eigenvalue weighted by Crippen LogP contribution is -1.96. The third-order valence-electron chi connectivity index (χ3n) is 3.36. The zero-order valence-electron chi connectivity index (χ0n) is 12.3. The van der Waals surface area contributed by atoms with E-state index in [0.717, 1.165) is 32.8 Å². The zero-order chi connectivity index (χ0) is 15.1. The Kier molecular flexibility index (Phi) is 3.38. The second-order valence-electron chi connectivity index (χ2n) is 5.35. The average molecular weight is 329 g/mol. The number of H-pyrrole nitrogens is 1. The number of aromatic amines is 1. The standard InChI is InChI=1S/C15H15N5S2/c1-9(2)21-8-13-17-18-15-20(13)19-14(22-15)12-7-10-5-3-4-6-11(10)16-12/h3-7,9,16H,8H2,1-2H3. The maximum atomic E-state index is 4.68. The number of benzene rings is 1. The van der Waals surface area contributed by atoms with Crippen molar-refractivity contribution in [2.45, 2.75) is 24.9 Å². The number of thioether (sulfide) groups is 1. The van der Waals surface area contributed by atoms with Gasteiger partial charge in [-0.15, -0.1) is 10.2 Å². The van der Waals surface area contributed by atoms with Gasteiger partial charge in [0.25, 0.3) is 0 Å². The number of para-hydroxylation sites is 1. The Morgan fingerprint density at radius 2 is 2.14 bits per heavy atom. The lowest BCUT2D eigenvalue weighted by Gasteiger charge is -2.00. The van der Waals surface area contributed by atoms with E-state index in [4.69, 9.17) is 0 Å². The summed E-state index contributed by atoms with van der Waals surface area (Å²) in [6.45, 7) is 4.36. The third kappa shape index (κ3) is 2.40. The topological polar surface area (TPSA) is 58.9 Å². The highest BCUT2D eigenvalue weighted by Crippen LogP contribution is 2.28. The summed E-state index contributed by atoms with van der Waals surface area (Å²) in [5.41, 5.74) is 2.15. The van der Waals surface area contributed by atoms with Gasteiger partial charge in [0.15, 0.2) is 10.8 Å². The molecule has 0 amide bonds. The summed E-state index contributed by atoms with van der Waals surface area (Å²) in [5, 5.41) is 15.9. The molecule has 112 valence electrons. The van der Waals surface area contributed by atoms with Crippen molar-refractivity contribution in [2.24, 2.45) is 0 Å². The van der Waals surface area contributed by atoms with Crippen LogP contribution < -0.4 is 0 Å². The highest BCUT2D eigenvalue weighted by molar-refractivity contribution is 7.99. The molecule has 0 atom stereocenters. The summed E-state index contributed by atoms with van der Waals surface area (Å²) in [4.78, 5) is 4.25. The van der Waals surface area contributed by atoms with E-state index in [9.17, 15) is 0 Å². The molecule has 0 radical (unpaired) electrons. The number of hydrogen-bond acceptors (Lipinski definition) is 5. The zero-order valence-corrected chi connectivity index (χ0v) is 13.9. The van der Waals surface area contributed by atoms with Gasteiger partial charge in [0, 0.05) is 10.9 Å². The van der Waals surface area contributed by atoms with Crippen LogP contribution in [0.4, 0.5) is 0 Å². The largest absolute Gasteiger partial charge is 0.353 e. The van der Waals surface area contributed by atoms with E-state index in [1.807, 2.05) is 28.4 Å². The van der Waals surface area contributed by atoms with Crippen LogP contribution in [0.2, 0.25) is 0 Å². The molecule has 0 spiro atoms. The van der Waals surface area contributed by atoms with Gasteiger partial charge in [-0.25, -0.2) is 0 Å². The summed E-state index contributed by atoms with van der Waals surface area (Å²) in [7, 11) is 0. The molecule has 0 saturated heterocycles. The van der Waals surface area contributed by atoms with Crippen molar-refractivity contribution >= 4 is 39.0 Å². The van der Waals surface area contributed by atoms with Gasteiger partial charge in [-0.1, -0.05) is 43.4 Å². The van der Waals surface area contributed by atoms with Crippen molar-refractivity contribution in [1.29, 1.82) is 0 Å². The quantitative estimate of drug-likeness (QED) is 0.615. The minimum Gasteiger partial charge on any atom is -0.353 e. The molecular formula is C15H15N5S2. The molecule has 5 nitrogen and oxygen atoms in total. The van der Waals surface area contributed by atoms with Gasteiger partial charge in [0.2, 0.25) is 4.96 Å². The van der Waals surface area contributed by atoms with Crippen molar-refractivity contribution in [1.82, 2.24) is 24.8 Å². The van der Waals surface area contributed by atoms with Crippen LogP contribution in [-0.4, -0.2) is 30.0 Å².